The minimum absolute atomic E-state index is 0.00389. The highest BCUT2D eigenvalue weighted by atomic mass is 35.5. The van der Waals surface area contributed by atoms with E-state index >= 15 is 0 Å². The molecular formula is C5H7ClF3N. The second kappa shape index (κ2) is 3.71. The standard InChI is InChI=1S/C5H7ClF3N/c1-4(2-6)10-3-5(7,8)9/h10H,1-3H2. The summed E-state index contributed by atoms with van der Waals surface area (Å²) in [5.41, 5.74) is 0.180. The number of nitrogens with one attached hydrogen (secondary N) is 1. The first-order chi connectivity index (χ1) is 4.45. The van der Waals surface area contributed by atoms with Gasteiger partial charge in [0.15, 0.2) is 0 Å². The molecule has 0 heterocycles. The van der Waals surface area contributed by atoms with Crippen LogP contribution in [0.2, 0.25) is 0 Å². The third-order valence-electron chi connectivity index (χ3n) is 0.700. The molecule has 0 fully saturated rings. The number of hydrogen-bond acceptors (Lipinski definition) is 1. The monoisotopic (exact) mass is 173 g/mol. The summed E-state index contributed by atoms with van der Waals surface area (Å²) in [5, 5.41) is 2.02. The van der Waals surface area contributed by atoms with Crippen molar-refractivity contribution in [1.82, 2.24) is 5.32 Å². The molecule has 60 valence electrons. The maximum atomic E-state index is 11.4. The van der Waals surface area contributed by atoms with Crippen LogP contribution in [0.5, 0.6) is 0 Å². The molecule has 0 atom stereocenters. The van der Waals surface area contributed by atoms with Gasteiger partial charge in [-0.25, -0.2) is 0 Å². The SMILES string of the molecule is C=C(CCl)NCC(F)(F)F. The number of alkyl halides is 4. The lowest BCUT2D eigenvalue weighted by Crippen LogP contribution is -2.28. The van der Waals surface area contributed by atoms with Gasteiger partial charge in [-0.1, -0.05) is 6.58 Å². The average molecular weight is 174 g/mol. The Hall–Kier alpha value is -0.380. The van der Waals surface area contributed by atoms with E-state index in [9.17, 15) is 13.2 Å². The summed E-state index contributed by atoms with van der Waals surface area (Å²) in [6.07, 6.45) is -4.20. The average Bonchev–Trinajstić information content (AvgIpc) is 1.81. The van der Waals surface area contributed by atoms with E-state index < -0.39 is 12.7 Å². The molecular weight excluding hydrogens is 167 g/mol. The van der Waals surface area contributed by atoms with Gasteiger partial charge < -0.3 is 5.32 Å². The molecule has 1 nitrogen and oxygen atoms in total. The van der Waals surface area contributed by atoms with Gasteiger partial charge in [0.2, 0.25) is 0 Å². The number of rotatable bonds is 3. The maximum Gasteiger partial charge on any atom is 0.405 e. The predicted molar refractivity (Wildman–Crippen MR) is 33.9 cm³/mol. The second-order valence-corrected chi connectivity index (χ2v) is 1.97. The highest BCUT2D eigenvalue weighted by molar-refractivity contribution is 6.19. The lowest BCUT2D eigenvalue weighted by molar-refractivity contribution is -0.123. The van der Waals surface area contributed by atoms with Crippen LogP contribution in [0.4, 0.5) is 13.2 Å². The molecule has 0 rings (SSSR count). The van der Waals surface area contributed by atoms with E-state index in [1.54, 1.807) is 0 Å². The molecule has 0 aromatic rings. The highest BCUT2D eigenvalue weighted by Gasteiger charge is 2.26. The Labute approximate surface area is 61.9 Å². The van der Waals surface area contributed by atoms with Crippen molar-refractivity contribution in [3.63, 3.8) is 0 Å². The van der Waals surface area contributed by atoms with Crippen molar-refractivity contribution in [2.75, 3.05) is 12.4 Å². The highest BCUT2D eigenvalue weighted by Crippen LogP contribution is 2.12. The van der Waals surface area contributed by atoms with Gasteiger partial charge in [-0.3, -0.25) is 0 Å². The molecule has 0 saturated heterocycles. The molecule has 0 radical (unpaired) electrons. The molecule has 10 heavy (non-hydrogen) atoms. The van der Waals surface area contributed by atoms with Crippen molar-refractivity contribution in [2.45, 2.75) is 6.18 Å². The zero-order valence-corrected chi connectivity index (χ0v) is 5.89. The van der Waals surface area contributed by atoms with Crippen LogP contribution in [-0.4, -0.2) is 18.6 Å². The first kappa shape index (κ1) is 9.62. The van der Waals surface area contributed by atoms with Crippen LogP contribution < -0.4 is 5.32 Å². The van der Waals surface area contributed by atoms with E-state index in [4.69, 9.17) is 11.6 Å². The van der Waals surface area contributed by atoms with Gasteiger partial charge in [0.05, 0.1) is 5.88 Å². The van der Waals surface area contributed by atoms with E-state index in [1.807, 2.05) is 5.32 Å². The van der Waals surface area contributed by atoms with E-state index in [0.29, 0.717) is 0 Å². The van der Waals surface area contributed by atoms with Crippen LogP contribution in [0.1, 0.15) is 0 Å². The third kappa shape index (κ3) is 5.75. The molecule has 1 N–H and O–H groups in total. The molecule has 0 aromatic carbocycles. The van der Waals surface area contributed by atoms with Gasteiger partial charge in [-0.2, -0.15) is 13.2 Å². The molecule has 0 aromatic heterocycles. The van der Waals surface area contributed by atoms with Crippen molar-refractivity contribution in [1.29, 1.82) is 0 Å². The molecule has 0 spiro atoms. The van der Waals surface area contributed by atoms with Gasteiger partial charge in [-0.15, -0.1) is 11.6 Å². The van der Waals surface area contributed by atoms with Crippen LogP contribution in [0.3, 0.4) is 0 Å². The summed E-state index contributed by atoms with van der Waals surface area (Å²) in [6.45, 7) is 2.16. The zero-order valence-electron chi connectivity index (χ0n) is 5.13. The quantitative estimate of drug-likeness (QED) is 0.643. The lowest BCUT2D eigenvalue weighted by atomic mass is 10.5. The van der Waals surface area contributed by atoms with Gasteiger partial charge in [0, 0.05) is 5.70 Å². The Bertz CT molecular complexity index is 121. The van der Waals surface area contributed by atoms with Crippen molar-refractivity contribution in [2.24, 2.45) is 0 Å². The summed E-state index contributed by atoms with van der Waals surface area (Å²) in [4.78, 5) is 0. The van der Waals surface area contributed by atoms with Crippen LogP contribution in [-0.2, 0) is 0 Å². The summed E-state index contributed by atoms with van der Waals surface area (Å²) in [5.74, 6) is -0.00389. The largest absolute Gasteiger partial charge is 0.405 e. The van der Waals surface area contributed by atoms with Gasteiger partial charge in [0.1, 0.15) is 6.54 Å². The summed E-state index contributed by atoms with van der Waals surface area (Å²) < 4.78 is 34.2. The predicted octanol–water partition coefficient (Wildman–Crippen LogP) is 1.89. The van der Waals surface area contributed by atoms with Crippen molar-refractivity contribution in [3.05, 3.63) is 12.3 Å². The Balaban J connectivity index is 3.46. The topological polar surface area (TPSA) is 12.0 Å². The van der Waals surface area contributed by atoms with Crippen molar-refractivity contribution < 1.29 is 13.2 Å². The van der Waals surface area contributed by atoms with Crippen LogP contribution in [0.15, 0.2) is 12.3 Å². The molecule has 0 bridgehead atoms. The van der Waals surface area contributed by atoms with Crippen molar-refractivity contribution >= 4 is 11.6 Å². The van der Waals surface area contributed by atoms with E-state index in [-0.39, 0.29) is 11.6 Å². The van der Waals surface area contributed by atoms with Gasteiger partial charge >= 0.3 is 6.18 Å². The Kier molecular flexibility index (Phi) is 3.57. The van der Waals surface area contributed by atoms with Gasteiger partial charge in [-0.05, 0) is 0 Å². The fourth-order valence-electron chi connectivity index (χ4n) is 0.272. The first-order valence-corrected chi connectivity index (χ1v) is 3.03. The molecule has 0 aliphatic heterocycles. The lowest BCUT2D eigenvalue weighted by Gasteiger charge is -2.08. The normalized spacial score (nSPS) is 11.2. The smallest absolute Gasteiger partial charge is 0.379 e. The molecule has 0 amide bonds. The van der Waals surface area contributed by atoms with E-state index in [2.05, 4.69) is 6.58 Å². The zero-order chi connectivity index (χ0) is 8.20. The van der Waals surface area contributed by atoms with Gasteiger partial charge in [0.25, 0.3) is 0 Å². The van der Waals surface area contributed by atoms with E-state index in [1.165, 1.54) is 0 Å². The molecule has 0 aliphatic carbocycles. The first-order valence-electron chi connectivity index (χ1n) is 2.50. The summed E-state index contributed by atoms with van der Waals surface area (Å²) in [7, 11) is 0. The third-order valence-corrected chi connectivity index (χ3v) is 1.02. The minimum Gasteiger partial charge on any atom is -0.379 e. The minimum atomic E-state index is -4.20. The fourth-order valence-corrected chi connectivity index (χ4v) is 0.367. The number of halogens is 4. The van der Waals surface area contributed by atoms with Crippen molar-refractivity contribution in [3.8, 4) is 0 Å². The molecule has 0 unspecified atom stereocenters. The Morgan fingerprint density at radius 1 is 1.50 bits per heavy atom. The summed E-state index contributed by atoms with van der Waals surface area (Å²) in [6, 6.07) is 0. The van der Waals surface area contributed by atoms with E-state index in [0.717, 1.165) is 0 Å². The fraction of sp³-hybridized carbons (Fsp3) is 0.600. The van der Waals surface area contributed by atoms with Crippen LogP contribution in [0.25, 0.3) is 0 Å². The summed E-state index contributed by atoms with van der Waals surface area (Å²) >= 11 is 5.15. The molecule has 0 aliphatic rings. The van der Waals surface area contributed by atoms with Crippen LogP contribution in [0, 0.1) is 0 Å². The molecule has 5 heteroatoms. The molecule has 0 saturated carbocycles. The maximum absolute atomic E-state index is 11.4. The Morgan fingerprint density at radius 3 is 2.30 bits per heavy atom. The number of allylic oxidation sites excluding steroid dienone is 1. The van der Waals surface area contributed by atoms with Crippen LogP contribution >= 0.6 is 11.6 Å². The second-order valence-electron chi connectivity index (χ2n) is 1.71. The number of hydrogen-bond donors (Lipinski definition) is 1. The Morgan fingerprint density at radius 2 is 2.00 bits per heavy atom.